The molecule has 0 aliphatic carbocycles. The molecule has 0 aromatic carbocycles. The molecule has 104 valence electrons. The highest BCUT2D eigenvalue weighted by molar-refractivity contribution is 7.91. The van der Waals surface area contributed by atoms with Gasteiger partial charge in [0.15, 0.2) is 9.84 Å². The predicted molar refractivity (Wildman–Crippen MR) is 66.8 cm³/mol. The van der Waals surface area contributed by atoms with Gasteiger partial charge in [-0.2, -0.15) is 0 Å². The highest BCUT2D eigenvalue weighted by Crippen LogP contribution is 2.23. The number of carbonyl (C=O) groups excluding carboxylic acids is 1. The normalized spacial score (nSPS) is 35.7. The van der Waals surface area contributed by atoms with Crippen LogP contribution in [0, 0.1) is 0 Å². The van der Waals surface area contributed by atoms with Crippen LogP contribution in [0.25, 0.3) is 0 Å². The number of ether oxygens (including phenoxy) is 1. The van der Waals surface area contributed by atoms with Gasteiger partial charge in [0.1, 0.15) is 6.10 Å². The number of amides is 1. The molecule has 1 amide bonds. The van der Waals surface area contributed by atoms with Crippen LogP contribution in [0.15, 0.2) is 0 Å². The lowest BCUT2D eigenvalue weighted by Gasteiger charge is -2.34. The SMILES string of the molecule is CC1CS(=O)(=O)CCN1C(=O)[C@@H]1CC[C@H](CN)O1. The Morgan fingerprint density at radius 1 is 1.44 bits per heavy atom. The first-order valence-corrected chi connectivity index (χ1v) is 8.11. The van der Waals surface area contributed by atoms with Crippen molar-refractivity contribution in [1.29, 1.82) is 0 Å². The molecule has 3 atom stereocenters. The first kappa shape index (κ1) is 13.8. The molecule has 2 saturated heterocycles. The van der Waals surface area contributed by atoms with Crippen LogP contribution in [0.4, 0.5) is 0 Å². The first-order chi connectivity index (χ1) is 8.43. The zero-order valence-corrected chi connectivity index (χ0v) is 11.4. The smallest absolute Gasteiger partial charge is 0.252 e. The van der Waals surface area contributed by atoms with E-state index in [4.69, 9.17) is 10.5 Å². The molecule has 6 nitrogen and oxygen atoms in total. The summed E-state index contributed by atoms with van der Waals surface area (Å²) in [6, 6.07) is -0.267. The highest BCUT2D eigenvalue weighted by Gasteiger charge is 2.38. The van der Waals surface area contributed by atoms with Crippen molar-refractivity contribution in [3.8, 4) is 0 Å². The minimum Gasteiger partial charge on any atom is -0.364 e. The van der Waals surface area contributed by atoms with Crippen molar-refractivity contribution in [2.24, 2.45) is 5.73 Å². The molecule has 0 spiro atoms. The summed E-state index contributed by atoms with van der Waals surface area (Å²) in [5.41, 5.74) is 5.51. The van der Waals surface area contributed by atoms with Gasteiger partial charge < -0.3 is 15.4 Å². The third-order valence-electron chi connectivity index (χ3n) is 3.60. The Labute approximate surface area is 107 Å². The molecule has 0 aromatic rings. The summed E-state index contributed by atoms with van der Waals surface area (Å²) < 4.78 is 28.5. The van der Waals surface area contributed by atoms with Gasteiger partial charge in [0.25, 0.3) is 5.91 Å². The van der Waals surface area contributed by atoms with Gasteiger partial charge in [-0.05, 0) is 19.8 Å². The van der Waals surface area contributed by atoms with Crippen molar-refractivity contribution in [2.45, 2.75) is 38.0 Å². The quantitative estimate of drug-likeness (QED) is 0.708. The largest absolute Gasteiger partial charge is 0.364 e. The van der Waals surface area contributed by atoms with E-state index in [0.29, 0.717) is 13.0 Å². The molecule has 2 N–H and O–H groups in total. The molecule has 0 radical (unpaired) electrons. The zero-order chi connectivity index (χ0) is 13.3. The van der Waals surface area contributed by atoms with E-state index >= 15 is 0 Å². The van der Waals surface area contributed by atoms with E-state index in [9.17, 15) is 13.2 Å². The second-order valence-corrected chi connectivity index (χ2v) is 7.28. The number of sulfone groups is 1. The zero-order valence-electron chi connectivity index (χ0n) is 10.5. The fourth-order valence-electron chi connectivity index (χ4n) is 2.57. The number of carbonyl (C=O) groups is 1. The Bertz CT molecular complexity index is 423. The van der Waals surface area contributed by atoms with Crippen LogP contribution in [-0.2, 0) is 19.4 Å². The van der Waals surface area contributed by atoms with E-state index in [1.807, 2.05) is 0 Å². The van der Waals surface area contributed by atoms with Crippen molar-refractivity contribution in [1.82, 2.24) is 4.90 Å². The molecule has 0 aromatic heterocycles. The Hall–Kier alpha value is -0.660. The molecule has 2 aliphatic rings. The summed E-state index contributed by atoms with van der Waals surface area (Å²) in [6.07, 6.45) is 0.994. The predicted octanol–water partition coefficient (Wildman–Crippen LogP) is -0.862. The summed E-state index contributed by atoms with van der Waals surface area (Å²) in [5.74, 6) is 0.00961. The van der Waals surface area contributed by atoms with Crippen LogP contribution in [0.5, 0.6) is 0 Å². The molecule has 1 unspecified atom stereocenters. The van der Waals surface area contributed by atoms with Crippen LogP contribution in [0.1, 0.15) is 19.8 Å². The monoisotopic (exact) mass is 276 g/mol. The fraction of sp³-hybridized carbons (Fsp3) is 0.909. The lowest BCUT2D eigenvalue weighted by atomic mass is 10.1. The lowest BCUT2D eigenvalue weighted by Crippen LogP contribution is -2.52. The minimum atomic E-state index is -2.99. The maximum Gasteiger partial charge on any atom is 0.252 e. The number of nitrogens with two attached hydrogens (primary N) is 1. The maximum absolute atomic E-state index is 12.2. The van der Waals surface area contributed by atoms with Gasteiger partial charge in [0, 0.05) is 19.1 Å². The summed E-state index contributed by atoms with van der Waals surface area (Å²) >= 11 is 0. The third-order valence-corrected chi connectivity index (χ3v) is 5.39. The van der Waals surface area contributed by atoms with Gasteiger partial charge in [-0.3, -0.25) is 4.79 Å². The van der Waals surface area contributed by atoms with E-state index in [-0.39, 0.29) is 36.1 Å². The molecule has 18 heavy (non-hydrogen) atoms. The molecule has 0 saturated carbocycles. The number of rotatable bonds is 2. The number of nitrogens with zero attached hydrogens (tertiary/aromatic N) is 1. The third kappa shape index (κ3) is 2.84. The van der Waals surface area contributed by atoms with Crippen LogP contribution in [0.2, 0.25) is 0 Å². The molecule has 2 heterocycles. The van der Waals surface area contributed by atoms with Crippen LogP contribution in [0.3, 0.4) is 0 Å². The Balaban J connectivity index is 1.98. The summed E-state index contributed by atoms with van der Waals surface area (Å²) in [4.78, 5) is 13.9. The average molecular weight is 276 g/mol. The van der Waals surface area contributed by atoms with E-state index in [1.54, 1.807) is 11.8 Å². The van der Waals surface area contributed by atoms with Gasteiger partial charge >= 0.3 is 0 Å². The van der Waals surface area contributed by atoms with Crippen molar-refractivity contribution < 1.29 is 17.9 Å². The fourth-order valence-corrected chi connectivity index (χ4v) is 4.13. The Morgan fingerprint density at radius 2 is 2.17 bits per heavy atom. The molecular formula is C11H20N2O4S. The topological polar surface area (TPSA) is 89.7 Å². The van der Waals surface area contributed by atoms with Gasteiger partial charge in [-0.25, -0.2) is 8.42 Å². The maximum atomic E-state index is 12.2. The van der Waals surface area contributed by atoms with Crippen LogP contribution < -0.4 is 5.73 Å². The van der Waals surface area contributed by atoms with Crippen LogP contribution in [-0.4, -0.2) is 62.1 Å². The standard InChI is InChI=1S/C11H20N2O4S/c1-8-7-18(15,16)5-4-13(8)11(14)10-3-2-9(6-12)17-10/h8-10H,2-7,12H2,1H3/t8?,9-,10+/m1/s1. The van der Waals surface area contributed by atoms with E-state index in [1.165, 1.54) is 0 Å². The molecule has 2 fully saturated rings. The van der Waals surface area contributed by atoms with E-state index in [2.05, 4.69) is 0 Å². The minimum absolute atomic E-state index is 0.0391. The highest BCUT2D eigenvalue weighted by atomic mass is 32.2. The Morgan fingerprint density at radius 3 is 2.72 bits per heavy atom. The van der Waals surface area contributed by atoms with Gasteiger partial charge in [0.05, 0.1) is 17.6 Å². The van der Waals surface area contributed by atoms with Gasteiger partial charge in [-0.15, -0.1) is 0 Å². The molecule has 7 heteroatoms. The summed E-state index contributed by atoms with van der Waals surface area (Å²) in [6.45, 7) is 2.47. The first-order valence-electron chi connectivity index (χ1n) is 6.29. The van der Waals surface area contributed by atoms with Crippen LogP contribution >= 0.6 is 0 Å². The average Bonchev–Trinajstić information content (AvgIpc) is 2.75. The van der Waals surface area contributed by atoms with Crippen molar-refractivity contribution in [3.63, 3.8) is 0 Å². The second kappa shape index (κ2) is 5.14. The second-order valence-electron chi connectivity index (χ2n) is 5.05. The lowest BCUT2D eigenvalue weighted by molar-refractivity contribution is -0.144. The van der Waals surface area contributed by atoms with Gasteiger partial charge in [0.2, 0.25) is 0 Å². The molecule has 0 bridgehead atoms. The van der Waals surface area contributed by atoms with Crippen molar-refractivity contribution >= 4 is 15.7 Å². The molecular weight excluding hydrogens is 256 g/mol. The van der Waals surface area contributed by atoms with Crippen molar-refractivity contribution in [3.05, 3.63) is 0 Å². The van der Waals surface area contributed by atoms with Gasteiger partial charge in [-0.1, -0.05) is 0 Å². The van der Waals surface area contributed by atoms with Crippen molar-refractivity contribution in [2.75, 3.05) is 24.6 Å². The number of hydrogen-bond acceptors (Lipinski definition) is 5. The molecule has 2 aliphatic heterocycles. The van der Waals surface area contributed by atoms with E-state index in [0.717, 1.165) is 6.42 Å². The summed E-state index contributed by atoms with van der Waals surface area (Å²) in [7, 11) is -2.99. The summed E-state index contributed by atoms with van der Waals surface area (Å²) in [5, 5.41) is 0. The number of hydrogen-bond donors (Lipinski definition) is 1. The Kier molecular flexibility index (Phi) is 3.93. The van der Waals surface area contributed by atoms with E-state index < -0.39 is 15.9 Å². The molecule has 2 rings (SSSR count).